The lowest BCUT2D eigenvalue weighted by molar-refractivity contribution is 0.104. The summed E-state index contributed by atoms with van der Waals surface area (Å²) in [5.41, 5.74) is 1.75. The summed E-state index contributed by atoms with van der Waals surface area (Å²) in [5.74, 6) is 2.26. The quantitative estimate of drug-likeness (QED) is 0.892. The topological polar surface area (TPSA) is 28.4 Å². The van der Waals surface area contributed by atoms with Crippen LogP contribution < -0.4 is 5.32 Å². The smallest absolute Gasteiger partial charge is 0.120 e. The summed E-state index contributed by atoms with van der Waals surface area (Å²) in [6.45, 7) is 11.2. The predicted molar refractivity (Wildman–Crippen MR) is 81.6 cm³/mol. The van der Waals surface area contributed by atoms with Crippen molar-refractivity contribution in [3.63, 3.8) is 0 Å². The van der Waals surface area contributed by atoms with Gasteiger partial charge in [-0.05, 0) is 56.2 Å². The molecule has 0 unspecified atom stereocenters. The van der Waals surface area contributed by atoms with E-state index in [0.717, 1.165) is 30.7 Å². The van der Waals surface area contributed by atoms with Crippen molar-refractivity contribution >= 4 is 0 Å². The lowest BCUT2D eigenvalue weighted by Gasteiger charge is -2.37. The first-order valence-corrected chi connectivity index (χ1v) is 8.06. The van der Waals surface area contributed by atoms with E-state index >= 15 is 0 Å². The first-order chi connectivity index (χ1) is 9.52. The molecule has 3 rings (SSSR count). The summed E-state index contributed by atoms with van der Waals surface area (Å²) < 4.78 is 6.06. The second kappa shape index (κ2) is 5.53. The van der Waals surface area contributed by atoms with E-state index in [4.69, 9.17) is 4.42 Å². The van der Waals surface area contributed by atoms with Crippen LogP contribution >= 0.6 is 0 Å². The van der Waals surface area contributed by atoms with Crippen LogP contribution in [0, 0.1) is 12.3 Å². The maximum atomic E-state index is 6.06. The first kappa shape index (κ1) is 14.2. The largest absolute Gasteiger partial charge is 0.463 e. The fraction of sp³-hybridized carbons (Fsp3) is 0.765. The minimum Gasteiger partial charge on any atom is -0.463 e. The second-order valence-electron chi connectivity index (χ2n) is 7.45. The van der Waals surface area contributed by atoms with Gasteiger partial charge in [-0.15, -0.1) is 0 Å². The molecule has 0 radical (unpaired) electrons. The van der Waals surface area contributed by atoms with Crippen LogP contribution in [0.2, 0.25) is 0 Å². The molecule has 3 nitrogen and oxygen atoms in total. The average molecular weight is 276 g/mol. The average Bonchev–Trinajstić information content (AvgIpc) is 3.11. The molecule has 1 aliphatic heterocycles. The normalized spacial score (nSPS) is 23.1. The molecular formula is C17H28N2O. The minimum absolute atomic E-state index is 0.455. The van der Waals surface area contributed by atoms with Gasteiger partial charge in [0.15, 0.2) is 0 Å². The highest BCUT2D eigenvalue weighted by Gasteiger charge is 2.27. The number of hydrogen-bond acceptors (Lipinski definition) is 3. The molecular weight excluding hydrogens is 248 g/mol. The van der Waals surface area contributed by atoms with Gasteiger partial charge in [0.1, 0.15) is 11.5 Å². The fourth-order valence-corrected chi connectivity index (χ4v) is 3.27. The molecule has 0 aromatic carbocycles. The van der Waals surface area contributed by atoms with E-state index in [-0.39, 0.29) is 0 Å². The standard InChI is InChI=1S/C17H28N2O/c1-13-9-15(20-16(13)10-18-14-5-6-14)11-19-8-4-7-17(2,3)12-19/h9,14,18H,4-8,10-12H2,1-3H3. The van der Waals surface area contributed by atoms with Crippen LogP contribution in [-0.4, -0.2) is 24.0 Å². The molecule has 1 N–H and O–H groups in total. The Balaban J connectivity index is 1.57. The van der Waals surface area contributed by atoms with E-state index in [0.29, 0.717) is 5.41 Å². The van der Waals surface area contributed by atoms with Gasteiger partial charge < -0.3 is 9.73 Å². The van der Waals surface area contributed by atoms with E-state index in [1.54, 1.807) is 0 Å². The maximum Gasteiger partial charge on any atom is 0.120 e. The molecule has 112 valence electrons. The Kier molecular flexibility index (Phi) is 3.91. The Hall–Kier alpha value is -0.800. The molecule has 3 heteroatoms. The van der Waals surface area contributed by atoms with Gasteiger partial charge in [0.2, 0.25) is 0 Å². The van der Waals surface area contributed by atoms with Gasteiger partial charge in [0, 0.05) is 12.6 Å². The summed E-state index contributed by atoms with van der Waals surface area (Å²) in [6.07, 6.45) is 5.31. The zero-order chi connectivity index (χ0) is 14.2. The van der Waals surface area contributed by atoms with Crippen LogP contribution in [0.25, 0.3) is 0 Å². The van der Waals surface area contributed by atoms with Crippen molar-refractivity contribution in [3.8, 4) is 0 Å². The van der Waals surface area contributed by atoms with Crippen molar-refractivity contribution in [2.45, 2.75) is 65.6 Å². The molecule has 1 aromatic rings. The lowest BCUT2D eigenvalue weighted by Crippen LogP contribution is -2.39. The Morgan fingerprint density at radius 3 is 2.90 bits per heavy atom. The second-order valence-corrected chi connectivity index (χ2v) is 7.45. The Labute approximate surface area is 122 Å². The first-order valence-electron chi connectivity index (χ1n) is 8.06. The number of hydrogen-bond donors (Lipinski definition) is 1. The summed E-state index contributed by atoms with van der Waals surface area (Å²) in [6, 6.07) is 2.97. The third-order valence-electron chi connectivity index (χ3n) is 4.56. The minimum atomic E-state index is 0.455. The fourth-order valence-electron chi connectivity index (χ4n) is 3.27. The summed E-state index contributed by atoms with van der Waals surface area (Å²) in [4.78, 5) is 2.54. The summed E-state index contributed by atoms with van der Waals surface area (Å²) in [5, 5.41) is 3.54. The van der Waals surface area contributed by atoms with Crippen molar-refractivity contribution in [1.82, 2.24) is 10.2 Å². The molecule has 0 bridgehead atoms. The SMILES string of the molecule is Cc1cc(CN2CCCC(C)(C)C2)oc1CNC1CC1. The number of piperidine rings is 1. The van der Waals surface area contributed by atoms with E-state index < -0.39 is 0 Å². The van der Waals surface area contributed by atoms with Crippen LogP contribution in [0.4, 0.5) is 0 Å². The molecule has 1 aliphatic carbocycles. The van der Waals surface area contributed by atoms with Crippen molar-refractivity contribution < 1.29 is 4.42 Å². The van der Waals surface area contributed by atoms with Gasteiger partial charge in [-0.1, -0.05) is 13.8 Å². The monoisotopic (exact) mass is 276 g/mol. The number of nitrogens with one attached hydrogen (secondary N) is 1. The van der Waals surface area contributed by atoms with Crippen molar-refractivity contribution in [2.24, 2.45) is 5.41 Å². The highest BCUT2D eigenvalue weighted by molar-refractivity contribution is 5.20. The highest BCUT2D eigenvalue weighted by Crippen LogP contribution is 2.29. The molecule has 0 amide bonds. The molecule has 2 heterocycles. The summed E-state index contributed by atoms with van der Waals surface area (Å²) >= 11 is 0. The molecule has 0 spiro atoms. The Morgan fingerprint density at radius 2 is 2.20 bits per heavy atom. The maximum absolute atomic E-state index is 6.06. The Bertz CT molecular complexity index is 460. The zero-order valence-corrected chi connectivity index (χ0v) is 13.2. The van der Waals surface area contributed by atoms with Crippen molar-refractivity contribution in [3.05, 3.63) is 23.2 Å². The van der Waals surface area contributed by atoms with Gasteiger partial charge in [-0.3, -0.25) is 4.90 Å². The Morgan fingerprint density at radius 1 is 1.40 bits per heavy atom. The van der Waals surface area contributed by atoms with E-state index in [9.17, 15) is 0 Å². The van der Waals surface area contributed by atoms with Crippen LogP contribution in [0.3, 0.4) is 0 Å². The third kappa shape index (κ3) is 3.64. The predicted octanol–water partition coefficient (Wildman–Crippen LogP) is 3.46. The molecule has 2 fully saturated rings. The number of nitrogens with zero attached hydrogens (tertiary/aromatic N) is 1. The van der Waals surface area contributed by atoms with Gasteiger partial charge in [-0.2, -0.15) is 0 Å². The van der Waals surface area contributed by atoms with Gasteiger partial charge in [0.05, 0.1) is 13.1 Å². The number of rotatable bonds is 5. The van der Waals surface area contributed by atoms with E-state index in [1.807, 2.05) is 0 Å². The van der Waals surface area contributed by atoms with E-state index in [2.05, 4.69) is 37.1 Å². The van der Waals surface area contributed by atoms with E-state index in [1.165, 1.54) is 44.3 Å². The molecule has 1 aromatic heterocycles. The lowest BCUT2D eigenvalue weighted by atomic mass is 9.84. The number of likely N-dealkylation sites (tertiary alicyclic amines) is 1. The zero-order valence-electron chi connectivity index (χ0n) is 13.2. The van der Waals surface area contributed by atoms with Crippen LogP contribution in [0.1, 0.15) is 56.6 Å². The van der Waals surface area contributed by atoms with Crippen LogP contribution in [-0.2, 0) is 13.1 Å². The summed E-state index contributed by atoms with van der Waals surface area (Å²) in [7, 11) is 0. The third-order valence-corrected chi connectivity index (χ3v) is 4.56. The molecule has 2 aliphatic rings. The van der Waals surface area contributed by atoms with Gasteiger partial charge >= 0.3 is 0 Å². The molecule has 1 saturated heterocycles. The number of aryl methyl sites for hydroxylation is 1. The molecule has 20 heavy (non-hydrogen) atoms. The van der Waals surface area contributed by atoms with Crippen LogP contribution in [0.15, 0.2) is 10.5 Å². The number of furan rings is 1. The highest BCUT2D eigenvalue weighted by atomic mass is 16.3. The van der Waals surface area contributed by atoms with Gasteiger partial charge in [0.25, 0.3) is 0 Å². The molecule has 0 atom stereocenters. The molecule has 1 saturated carbocycles. The van der Waals surface area contributed by atoms with Gasteiger partial charge in [-0.25, -0.2) is 0 Å². The van der Waals surface area contributed by atoms with Crippen molar-refractivity contribution in [2.75, 3.05) is 13.1 Å². The van der Waals surface area contributed by atoms with Crippen molar-refractivity contribution in [1.29, 1.82) is 0 Å². The van der Waals surface area contributed by atoms with Crippen LogP contribution in [0.5, 0.6) is 0 Å².